The van der Waals surface area contributed by atoms with Gasteiger partial charge in [0.1, 0.15) is 22.2 Å². The number of carboxylic acid groups (broad SMARTS) is 1. The zero-order valence-corrected chi connectivity index (χ0v) is 17.5. The van der Waals surface area contributed by atoms with E-state index in [-0.39, 0.29) is 24.1 Å². The minimum atomic E-state index is -3.42. The van der Waals surface area contributed by atoms with Crippen LogP contribution in [0.25, 0.3) is 0 Å². The van der Waals surface area contributed by atoms with Crippen molar-refractivity contribution in [2.45, 2.75) is 32.4 Å². The van der Waals surface area contributed by atoms with Crippen molar-refractivity contribution < 1.29 is 23.2 Å². The third-order valence-electron chi connectivity index (χ3n) is 4.15. The van der Waals surface area contributed by atoms with Crippen LogP contribution in [0.1, 0.15) is 20.3 Å². The first-order valence-corrected chi connectivity index (χ1v) is 11.1. The van der Waals surface area contributed by atoms with E-state index in [2.05, 4.69) is 15.3 Å². The van der Waals surface area contributed by atoms with E-state index in [9.17, 15) is 28.4 Å². The number of nitrogens with zero attached hydrogens (tertiary/aromatic N) is 4. The molecule has 0 bridgehead atoms. The maximum Gasteiger partial charge on any atom is 0.353 e. The van der Waals surface area contributed by atoms with E-state index in [0.29, 0.717) is 5.69 Å². The minimum absolute atomic E-state index is 0.00838. The minimum Gasteiger partial charge on any atom is -0.480 e. The lowest BCUT2D eigenvalue weighted by Crippen LogP contribution is -2.33. The van der Waals surface area contributed by atoms with Gasteiger partial charge in [0.25, 0.3) is 0 Å². The van der Waals surface area contributed by atoms with Crippen LogP contribution in [0.2, 0.25) is 0 Å². The number of hydrogen-bond acceptors (Lipinski definition) is 9. The normalized spacial score (nSPS) is 12.4. The molecule has 0 amide bonds. The summed E-state index contributed by atoms with van der Waals surface area (Å²) in [6, 6.07) is 7.31. The number of carboxylic acids is 1. The summed E-state index contributed by atoms with van der Waals surface area (Å²) in [5.74, 6) is -2.06. The molecule has 0 saturated heterocycles. The van der Waals surface area contributed by atoms with E-state index in [0.717, 1.165) is 12.6 Å². The molecule has 1 aromatic carbocycles. The molecule has 0 unspecified atom stereocenters. The van der Waals surface area contributed by atoms with Crippen LogP contribution < -0.4 is 10.2 Å². The molecule has 12 heteroatoms. The Balaban J connectivity index is 2.52. The maximum atomic E-state index is 11.9. The molecule has 2 N–H and O–H groups in total. The molecule has 0 fully saturated rings. The SMILES string of the molecule is CC(C)N(c1ccccc1)c1ncnc(N[C@H](CCS(C)(=O)=O)C(=O)O)c1[N+](=O)[O-]. The van der Waals surface area contributed by atoms with Crippen LogP contribution in [0, 0.1) is 10.1 Å². The number of rotatable bonds is 10. The monoisotopic (exact) mass is 437 g/mol. The first-order valence-electron chi connectivity index (χ1n) is 9.02. The van der Waals surface area contributed by atoms with E-state index in [1.165, 1.54) is 0 Å². The molecule has 11 nitrogen and oxygen atoms in total. The van der Waals surface area contributed by atoms with Crippen LogP contribution in [-0.2, 0) is 14.6 Å². The van der Waals surface area contributed by atoms with Crippen molar-refractivity contribution in [3.05, 3.63) is 46.8 Å². The Hall–Kier alpha value is -3.28. The summed E-state index contributed by atoms with van der Waals surface area (Å²) in [5.41, 5.74) is 0.160. The molecular formula is C18H23N5O6S. The quantitative estimate of drug-likeness (QED) is 0.417. The molecule has 1 heterocycles. The number of aromatic nitrogens is 2. The van der Waals surface area contributed by atoms with Gasteiger partial charge in [0, 0.05) is 18.0 Å². The zero-order chi connectivity index (χ0) is 22.5. The smallest absolute Gasteiger partial charge is 0.353 e. The lowest BCUT2D eigenvalue weighted by atomic mass is 10.2. The summed E-state index contributed by atoms with van der Waals surface area (Å²) in [6.07, 6.45) is 1.80. The van der Waals surface area contributed by atoms with Gasteiger partial charge >= 0.3 is 11.7 Å². The summed E-state index contributed by atoms with van der Waals surface area (Å²) in [7, 11) is -3.42. The number of sulfone groups is 1. The van der Waals surface area contributed by atoms with Crippen LogP contribution in [0.5, 0.6) is 0 Å². The second-order valence-corrected chi connectivity index (χ2v) is 9.16. The zero-order valence-electron chi connectivity index (χ0n) is 16.7. The number of hydrogen-bond donors (Lipinski definition) is 2. The van der Waals surface area contributed by atoms with Gasteiger partial charge in [-0.2, -0.15) is 0 Å². The third kappa shape index (κ3) is 5.86. The van der Waals surface area contributed by atoms with Gasteiger partial charge in [-0.25, -0.2) is 23.2 Å². The van der Waals surface area contributed by atoms with Crippen LogP contribution in [0.3, 0.4) is 0 Å². The molecule has 0 saturated carbocycles. The van der Waals surface area contributed by atoms with Crippen molar-refractivity contribution in [2.24, 2.45) is 0 Å². The lowest BCUT2D eigenvalue weighted by Gasteiger charge is -2.28. The van der Waals surface area contributed by atoms with Crippen LogP contribution in [0.15, 0.2) is 36.7 Å². The van der Waals surface area contributed by atoms with Crippen LogP contribution in [-0.4, -0.2) is 58.5 Å². The number of carbonyl (C=O) groups is 1. The standard InChI is InChI=1S/C18H23N5O6S/c1-12(2)22(13-7-5-4-6-8-13)17-15(23(26)27)16(19-11-20-17)21-14(18(24)25)9-10-30(3,28)29/h4-8,11-12,14H,9-10H2,1-3H3,(H,24,25)(H,19,20,21)/t14-/m1/s1. The van der Waals surface area contributed by atoms with Gasteiger partial charge in [-0.15, -0.1) is 0 Å². The van der Waals surface area contributed by atoms with Gasteiger partial charge in [-0.05, 0) is 32.4 Å². The van der Waals surface area contributed by atoms with Gasteiger partial charge < -0.3 is 15.3 Å². The number of aliphatic carboxylic acids is 1. The number of anilines is 3. The second-order valence-electron chi connectivity index (χ2n) is 6.90. The average Bonchev–Trinajstić information content (AvgIpc) is 2.64. The van der Waals surface area contributed by atoms with Crippen molar-refractivity contribution in [3.63, 3.8) is 0 Å². The maximum absolute atomic E-state index is 11.9. The molecule has 0 aliphatic heterocycles. The summed E-state index contributed by atoms with van der Waals surface area (Å²) < 4.78 is 22.8. The molecule has 0 radical (unpaired) electrons. The topological polar surface area (TPSA) is 156 Å². The van der Waals surface area contributed by atoms with E-state index in [1.807, 2.05) is 19.9 Å². The Labute approximate surface area is 173 Å². The lowest BCUT2D eigenvalue weighted by molar-refractivity contribution is -0.383. The number of nitrogens with one attached hydrogen (secondary N) is 1. The van der Waals surface area contributed by atoms with Crippen molar-refractivity contribution in [2.75, 3.05) is 22.2 Å². The predicted octanol–water partition coefficient (Wildman–Crippen LogP) is 2.23. The van der Waals surface area contributed by atoms with Crippen LogP contribution >= 0.6 is 0 Å². The van der Waals surface area contributed by atoms with Gasteiger partial charge in [0.2, 0.25) is 11.6 Å². The Morgan fingerprint density at radius 3 is 2.40 bits per heavy atom. The number of para-hydroxylation sites is 1. The Morgan fingerprint density at radius 1 is 1.27 bits per heavy atom. The highest BCUT2D eigenvalue weighted by atomic mass is 32.2. The molecule has 0 aliphatic rings. The Bertz CT molecular complexity index is 1010. The number of nitro groups is 1. The van der Waals surface area contributed by atoms with Crippen molar-refractivity contribution in [3.8, 4) is 0 Å². The first kappa shape index (κ1) is 23.0. The summed E-state index contributed by atoms with van der Waals surface area (Å²) >= 11 is 0. The molecule has 162 valence electrons. The van der Waals surface area contributed by atoms with Crippen LogP contribution in [0.4, 0.5) is 23.0 Å². The molecule has 2 aromatic rings. The molecule has 30 heavy (non-hydrogen) atoms. The highest BCUT2D eigenvalue weighted by Gasteiger charge is 2.31. The fourth-order valence-electron chi connectivity index (χ4n) is 2.83. The Kier molecular flexibility index (Phi) is 7.27. The molecular weight excluding hydrogens is 414 g/mol. The van der Waals surface area contributed by atoms with E-state index < -0.39 is 38.2 Å². The van der Waals surface area contributed by atoms with Crippen molar-refractivity contribution in [1.29, 1.82) is 0 Å². The second kappa shape index (κ2) is 9.48. The summed E-state index contributed by atoms with van der Waals surface area (Å²) in [4.78, 5) is 32.3. The van der Waals surface area contributed by atoms with E-state index in [4.69, 9.17) is 0 Å². The van der Waals surface area contributed by atoms with E-state index in [1.54, 1.807) is 29.2 Å². The van der Waals surface area contributed by atoms with Gasteiger partial charge in [0.15, 0.2) is 0 Å². The van der Waals surface area contributed by atoms with Gasteiger partial charge in [-0.1, -0.05) is 18.2 Å². The van der Waals surface area contributed by atoms with Crippen molar-refractivity contribution >= 4 is 38.8 Å². The predicted molar refractivity (Wildman–Crippen MR) is 112 cm³/mol. The number of benzene rings is 1. The Morgan fingerprint density at radius 2 is 1.90 bits per heavy atom. The van der Waals surface area contributed by atoms with Gasteiger partial charge in [0.05, 0.1) is 10.7 Å². The fourth-order valence-corrected chi connectivity index (χ4v) is 3.49. The molecule has 0 spiro atoms. The van der Waals surface area contributed by atoms with Gasteiger partial charge in [-0.3, -0.25) is 10.1 Å². The van der Waals surface area contributed by atoms with Crippen molar-refractivity contribution in [1.82, 2.24) is 9.97 Å². The molecule has 0 aliphatic carbocycles. The summed E-state index contributed by atoms with van der Waals surface area (Å²) in [6.45, 7) is 3.66. The molecule has 1 atom stereocenters. The van der Waals surface area contributed by atoms with E-state index >= 15 is 0 Å². The highest BCUT2D eigenvalue weighted by molar-refractivity contribution is 7.90. The fraction of sp³-hybridized carbons (Fsp3) is 0.389. The first-order chi connectivity index (χ1) is 14.0. The molecule has 1 aromatic heterocycles. The largest absolute Gasteiger partial charge is 0.480 e. The highest BCUT2D eigenvalue weighted by Crippen LogP contribution is 2.37. The average molecular weight is 437 g/mol. The summed E-state index contributed by atoms with van der Waals surface area (Å²) in [5, 5.41) is 23.8. The molecule has 2 rings (SSSR count). The third-order valence-corrected chi connectivity index (χ3v) is 5.13.